The second kappa shape index (κ2) is 7.08. The molecule has 1 heterocycles. The Balaban J connectivity index is 1.35. The van der Waals surface area contributed by atoms with Crippen molar-refractivity contribution in [3.63, 3.8) is 0 Å². The fourth-order valence-electron chi connectivity index (χ4n) is 5.57. The number of amides is 2. The van der Waals surface area contributed by atoms with Crippen LogP contribution in [0, 0.1) is 30.6 Å². The van der Waals surface area contributed by atoms with Crippen LogP contribution in [0.4, 0.5) is 5.69 Å². The predicted molar refractivity (Wildman–Crippen MR) is 112 cm³/mol. The zero-order valence-electron chi connectivity index (χ0n) is 17.2. The van der Waals surface area contributed by atoms with Crippen LogP contribution >= 0.6 is 0 Å². The van der Waals surface area contributed by atoms with E-state index < -0.39 is 6.10 Å². The third-order valence-electron chi connectivity index (χ3n) is 7.02. The van der Waals surface area contributed by atoms with Gasteiger partial charge in [-0.15, -0.1) is 0 Å². The van der Waals surface area contributed by atoms with Gasteiger partial charge in [-0.3, -0.25) is 14.4 Å². The fourth-order valence-corrected chi connectivity index (χ4v) is 5.57. The monoisotopic (exact) mass is 403 g/mol. The highest BCUT2D eigenvalue weighted by Crippen LogP contribution is 2.56. The van der Waals surface area contributed by atoms with Crippen molar-refractivity contribution < 1.29 is 19.1 Å². The minimum atomic E-state index is -0.678. The number of fused-ring (bicyclic) bond motifs is 5. The van der Waals surface area contributed by atoms with Gasteiger partial charge in [0.15, 0.2) is 6.10 Å². The van der Waals surface area contributed by atoms with E-state index in [4.69, 9.17) is 4.74 Å². The molecule has 2 aromatic rings. The maximum Gasteiger partial charge on any atom is 0.237 e. The highest BCUT2D eigenvalue weighted by Gasteiger charge is 2.61. The van der Waals surface area contributed by atoms with Crippen LogP contribution in [0.25, 0.3) is 0 Å². The van der Waals surface area contributed by atoms with Crippen molar-refractivity contribution in [2.75, 3.05) is 4.90 Å². The Hall–Kier alpha value is -2.95. The summed E-state index contributed by atoms with van der Waals surface area (Å²) in [7, 11) is 0. The fraction of sp³-hybridized carbons (Fsp3) is 0.400. The first-order valence-corrected chi connectivity index (χ1v) is 10.7. The third kappa shape index (κ3) is 2.95. The van der Waals surface area contributed by atoms with E-state index in [9.17, 15) is 14.4 Å². The number of hydrogen-bond acceptors (Lipinski definition) is 4. The maximum absolute atomic E-state index is 13.1. The Morgan fingerprint density at radius 1 is 1.00 bits per heavy atom. The normalized spacial score (nSPS) is 28.0. The van der Waals surface area contributed by atoms with Crippen LogP contribution < -0.4 is 9.64 Å². The highest BCUT2D eigenvalue weighted by molar-refractivity contribution is 6.22. The molecule has 3 aliphatic rings. The summed E-state index contributed by atoms with van der Waals surface area (Å²) in [5.74, 6) is 0.629. The van der Waals surface area contributed by atoms with Gasteiger partial charge in [-0.2, -0.15) is 0 Å². The summed E-state index contributed by atoms with van der Waals surface area (Å²) in [5.41, 5.74) is 2.22. The molecular formula is C25H25NO4. The van der Waals surface area contributed by atoms with Crippen LogP contribution in [-0.4, -0.2) is 23.7 Å². The minimum Gasteiger partial charge on any atom is -0.482 e. The van der Waals surface area contributed by atoms with Gasteiger partial charge in [0.05, 0.1) is 17.5 Å². The van der Waals surface area contributed by atoms with Crippen molar-refractivity contribution in [3.8, 4) is 5.75 Å². The Morgan fingerprint density at radius 3 is 2.27 bits per heavy atom. The number of benzene rings is 2. The van der Waals surface area contributed by atoms with Crippen molar-refractivity contribution in [2.24, 2.45) is 23.7 Å². The van der Waals surface area contributed by atoms with Crippen LogP contribution in [0.5, 0.6) is 5.75 Å². The second-order valence-corrected chi connectivity index (χ2v) is 8.88. The van der Waals surface area contributed by atoms with E-state index in [1.807, 2.05) is 19.1 Å². The lowest BCUT2D eigenvalue weighted by molar-refractivity contribution is -0.123. The third-order valence-corrected chi connectivity index (χ3v) is 7.02. The zero-order valence-corrected chi connectivity index (χ0v) is 17.2. The molecule has 0 spiro atoms. The molecule has 3 fully saturated rings. The number of anilines is 1. The molecule has 5 heteroatoms. The van der Waals surface area contributed by atoms with E-state index in [-0.39, 0.29) is 29.4 Å². The number of ether oxygens (including phenoxy) is 1. The van der Waals surface area contributed by atoms with Gasteiger partial charge < -0.3 is 4.74 Å². The number of ketones is 1. The number of Topliss-reactive ketones (excluding diaryl/α,β-unsaturated/α-hetero) is 1. The van der Waals surface area contributed by atoms with E-state index in [1.54, 1.807) is 43.3 Å². The van der Waals surface area contributed by atoms with E-state index in [2.05, 4.69) is 0 Å². The topological polar surface area (TPSA) is 63.7 Å². The molecule has 5 atom stereocenters. The Labute approximate surface area is 176 Å². The molecule has 0 radical (unpaired) electrons. The van der Waals surface area contributed by atoms with Crippen LogP contribution in [-0.2, 0) is 9.59 Å². The second-order valence-electron chi connectivity index (χ2n) is 8.88. The first-order chi connectivity index (χ1) is 14.4. The van der Waals surface area contributed by atoms with Gasteiger partial charge in [0, 0.05) is 11.6 Å². The summed E-state index contributed by atoms with van der Waals surface area (Å²) in [5, 5.41) is 0. The van der Waals surface area contributed by atoms with Crippen LogP contribution in [0.15, 0.2) is 48.5 Å². The van der Waals surface area contributed by atoms with Crippen LogP contribution in [0.1, 0.15) is 42.1 Å². The van der Waals surface area contributed by atoms with Gasteiger partial charge in [0.2, 0.25) is 17.6 Å². The first-order valence-electron chi connectivity index (χ1n) is 10.7. The lowest BCUT2D eigenvalue weighted by Crippen LogP contribution is -2.32. The number of imide groups is 1. The first kappa shape index (κ1) is 19.0. The highest BCUT2D eigenvalue weighted by atomic mass is 16.5. The molecule has 0 aromatic heterocycles. The molecule has 154 valence electrons. The smallest absolute Gasteiger partial charge is 0.237 e. The summed E-state index contributed by atoms with van der Waals surface area (Å²) in [4.78, 5) is 40.1. The summed E-state index contributed by atoms with van der Waals surface area (Å²) in [6.45, 7) is 3.68. The molecule has 2 aliphatic carbocycles. The maximum atomic E-state index is 13.1. The lowest BCUT2D eigenvalue weighted by Gasteiger charge is -2.19. The summed E-state index contributed by atoms with van der Waals surface area (Å²) in [6.07, 6.45) is 2.45. The molecule has 5 nitrogen and oxygen atoms in total. The van der Waals surface area contributed by atoms with Gasteiger partial charge in [-0.25, -0.2) is 4.90 Å². The quantitative estimate of drug-likeness (QED) is 0.555. The SMILES string of the molecule is Cc1ccc(C(=O)[C@H](C)Oc2cccc(N3C(=O)[C@@H]4[C@H]5CC[C@@H](C5)[C@@H]4C3=O)c2)cc1. The lowest BCUT2D eigenvalue weighted by atomic mass is 9.81. The summed E-state index contributed by atoms with van der Waals surface area (Å²) < 4.78 is 5.88. The summed E-state index contributed by atoms with van der Waals surface area (Å²) in [6, 6.07) is 14.3. The number of carbonyl (C=O) groups is 3. The van der Waals surface area contributed by atoms with Crippen molar-refractivity contribution >= 4 is 23.3 Å². The number of hydrogen-bond donors (Lipinski definition) is 0. The van der Waals surface area contributed by atoms with Gasteiger partial charge in [-0.05, 0) is 57.1 Å². The van der Waals surface area contributed by atoms with Crippen molar-refractivity contribution in [1.82, 2.24) is 0 Å². The van der Waals surface area contributed by atoms with E-state index in [0.717, 1.165) is 24.8 Å². The molecular weight excluding hydrogens is 378 g/mol. The number of nitrogens with zero attached hydrogens (tertiary/aromatic N) is 1. The predicted octanol–water partition coefficient (Wildman–Crippen LogP) is 4.18. The number of rotatable bonds is 5. The minimum absolute atomic E-state index is 0.0712. The summed E-state index contributed by atoms with van der Waals surface area (Å²) >= 11 is 0. The van der Waals surface area contributed by atoms with Gasteiger partial charge in [-0.1, -0.05) is 35.9 Å². The number of aryl methyl sites for hydroxylation is 1. The Morgan fingerprint density at radius 2 is 1.63 bits per heavy atom. The van der Waals surface area contributed by atoms with E-state index in [1.165, 1.54) is 4.90 Å². The molecule has 2 amide bonds. The average molecular weight is 403 g/mol. The van der Waals surface area contributed by atoms with Crippen molar-refractivity contribution in [1.29, 1.82) is 0 Å². The Bertz CT molecular complexity index is 1000. The molecule has 2 aromatic carbocycles. The zero-order chi connectivity index (χ0) is 21.0. The molecule has 2 saturated carbocycles. The average Bonchev–Trinajstić information content (AvgIpc) is 3.42. The molecule has 1 saturated heterocycles. The van der Waals surface area contributed by atoms with Gasteiger partial charge in [0.25, 0.3) is 0 Å². The van der Waals surface area contributed by atoms with E-state index in [0.29, 0.717) is 28.8 Å². The van der Waals surface area contributed by atoms with Crippen molar-refractivity contribution in [3.05, 3.63) is 59.7 Å². The Kier molecular flexibility index (Phi) is 4.49. The van der Waals surface area contributed by atoms with Crippen LogP contribution in [0.3, 0.4) is 0 Å². The van der Waals surface area contributed by atoms with Gasteiger partial charge in [0.1, 0.15) is 5.75 Å². The molecule has 1 aliphatic heterocycles. The van der Waals surface area contributed by atoms with E-state index >= 15 is 0 Å². The molecule has 5 rings (SSSR count). The van der Waals surface area contributed by atoms with Gasteiger partial charge >= 0.3 is 0 Å². The molecule has 0 N–H and O–H groups in total. The molecule has 0 unspecified atom stereocenters. The molecule has 2 bridgehead atoms. The van der Waals surface area contributed by atoms with Crippen LogP contribution in [0.2, 0.25) is 0 Å². The standard InChI is InChI=1S/C25H25NO4/c1-14-6-8-16(9-7-14)23(27)15(2)30-20-5-3-4-19(13-20)26-24(28)21-17-10-11-18(12-17)22(21)25(26)29/h3-9,13,15,17-18,21-22H,10-12H2,1-2H3/t15-,17-,18-,21-,22+/m0/s1. The molecule has 30 heavy (non-hydrogen) atoms. The largest absolute Gasteiger partial charge is 0.482 e. The van der Waals surface area contributed by atoms with Crippen molar-refractivity contribution in [2.45, 2.75) is 39.2 Å². The number of carbonyl (C=O) groups excluding carboxylic acids is 3.